The summed E-state index contributed by atoms with van der Waals surface area (Å²) in [5.41, 5.74) is 1.48. The lowest BCUT2D eigenvalue weighted by Gasteiger charge is -2.27. The largest absolute Gasteiger partial charge is 0.493 e. The van der Waals surface area contributed by atoms with Gasteiger partial charge in [-0.2, -0.15) is 0 Å². The van der Waals surface area contributed by atoms with Crippen molar-refractivity contribution >= 4 is 52.2 Å². The molecule has 1 heterocycles. The minimum absolute atomic E-state index is 0.115. The molecule has 196 valence electrons. The van der Waals surface area contributed by atoms with E-state index in [0.717, 1.165) is 10.4 Å². The third-order valence-electron chi connectivity index (χ3n) is 5.53. The van der Waals surface area contributed by atoms with Crippen LogP contribution in [0.5, 0.6) is 11.5 Å². The van der Waals surface area contributed by atoms with E-state index in [4.69, 9.17) is 32.7 Å². The van der Waals surface area contributed by atoms with E-state index >= 15 is 0 Å². The molecule has 3 aromatic rings. The van der Waals surface area contributed by atoms with Crippen molar-refractivity contribution in [1.82, 2.24) is 9.80 Å². The molecule has 0 aliphatic rings. The second-order valence-electron chi connectivity index (χ2n) is 8.06. The first-order valence-corrected chi connectivity index (χ1v) is 13.1. The molecule has 0 aliphatic carbocycles. The molecular weight excluding hydrogens is 533 g/mol. The number of methoxy groups -OCH3 is 2. The predicted octanol–water partition coefficient (Wildman–Crippen LogP) is 6.36. The Balaban J connectivity index is 1.73. The first-order valence-electron chi connectivity index (χ1n) is 11.5. The van der Waals surface area contributed by atoms with Crippen LogP contribution in [-0.2, 0) is 17.8 Å². The number of nitrogens with zero attached hydrogens (tertiary/aromatic N) is 2. The fourth-order valence-electron chi connectivity index (χ4n) is 3.60. The Hall–Kier alpha value is -3.20. The van der Waals surface area contributed by atoms with Gasteiger partial charge in [0.05, 0.1) is 30.8 Å². The number of rotatable bonds is 12. The van der Waals surface area contributed by atoms with Crippen molar-refractivity contribution in [2.45, 2.75) is 13.0 Å². The number of hydrogen-bond donors (Lipinski definition) is 1. The van der Waals surface area contributed by atoms with Crippen molar-refractivity contribution < 1.29 is 19.1 Å². The van der Waals surface area contributed by atoms with Gasteiger partial charge in [0.15, 0.2) is 11.5 Å². The first-order chi connectivity index (χ1) is 17.8. The van der Waals surface area contributed by atoms with Crippen LogP contribution in [-0.4, -0.2) is 55.6 Å². The van der Waals surface area contributed by atoms with E-state index < -0.39 is 6.03 Å². The summed E-state index contributed by atoms with van der Waals surface area (Å²) in [6.07, 6.45) is 2.18. The number of anilines is 1. The van der Waals surface area contributed by atoms with E-state index in [-0.39, 0.29) is 19.0 Å². The average molecular weight is 563 g/mol. The molecular formula is C27H29Cl2N3O4S. The molecule has 0 atom stereocenters. The van der Waals surface area contributed by atoms with Crippen molar-refractivity contribution in [2.75, 3.05) is 39.2 Å². The van der Waals surface area contributed by atoms with Crippen LogP contribution < -0.4 is 14.8 Å². The highest BCUT2D eigenvalue weighted by molar-refractivity contribution is 7.09. The maximum absolute atomic E-state index is 13.4. The standard InChI is InChI=1S/C27H29Cl2N3O4S/c1-4-12-32(27(34)30-20-8-9-22(28)23(29)16-20)18-26(33)31(17-21-6-5-14-37-21)13-11-19-7-10-24(35-2)25(15-19)36-3/h4-10,14-16H,1,11-13,17-18H2,2-3H3,(H,30,34). The van der Waals surface area contributed by atoms with E-state index in [2.05, 4.69) is 11.9 Å². The highest BCUT2D eigenvalue weighted by Gasteiger charge is 2.22. The smallest absolute Gasteiger partial charge is 0.322 e. The van der Waals surface area contributed by atoms with E-state index in [1.54, 1.807) is 54.7 Å². The average Bonchev–Trinajstić information content (AvgIpc) is 3.41. The lowest BCUT2D eigenvalue weighted by atomic mass is 10.1. The minimum Gasteiger partial charge on any atom is -0.493 e. The Morgan fingerprint density at radius 2 is 1.81 bits per heavy atom. The molecule has 3 rings (SSSR count). The van der Waals surface area contributed by atoms with Gasteiger partial charge in [0.25, 0.3) is 0 Å². The number of carbonyl (C=O) groups is 2. The van der Waals surface area contributed by atoms with Crippen molar-refractivity contribution in [2.24, 2.45) is 0 Å². The molecule has 0 radical (unpaired) electrons. The Labute approximate surface area is 231 Å². The number of thiophene rings is 1. The Kier molecular flexibility index (Phi) is 10.7. The van der Waals surface area contributed by atoms with Gasteiger partial charge in [-0.05, 0) is 53.8 Å². The molecule has 1 aromatic heterocycles. The van der Waals surface area contributed by atoms with Crippen LogP contribution in [0.2, 0.25) is 10.0 Å². The van der Waals surface area contributed by atoms with Gasteiger partial charge in [-0.25, -0.2) is 4.79 Å². The van der Waals surface area contributed by atoms with E-state index in [1.165, 1.54) is 4.90 Å². The van der Waals surface area contributed by atoms with Crippen LogP contribution in [0.3, 0.4) is 0 Å². The monoisotopic (exact) mass is 561 g/mol. The molecule has 0 spiro atoms. The highest BCUT2D eigenvalue weighted by Crippen LogP contribution is 2.28. The third kappa shape index (κ3) is 8.15. The van der Waals surface area contributed by atoms with Gasteiger partial charge in [0.1, 0.15) is 6.54 Å². The number of carbonyl (C=O) groups excluding carboxylic acids is 2. The molecule has 0 saturated heterocycles. The summed E-state index contributed by atoms with van der Waals surface area (Å²) in [4.78, 5) is 30.6. The molecule has 7 nitrogen and oxygen atoms in total. The molecule has 2 aromatic carbocycles. The molecule has 0 aliphatic heterocycles. The van der Waals surface area contributed by atoms with Crippen LogP contribution in [0.25, 0.3) is 0 Å². The van der Waals surface area contributed by atoms with Crippen molar-refractivity contribution in [3.05, 3.63) is 87.1 Å². The number of benzene rings is 2. The molecule has 0 bridgehead atoms. The number of ether oxygens (including phenoxy) is 2. The molecule has 1 N–H and O–H groups in total. The van der Waals surface area contributed by atoms with Gasteiger partial charge in [-0.15, -0.1) is 17.9 Å². The van der Waals surface area contributed by atoms with Crippen molar-refractivity contribution in [3.8, 4) is 11.5 Å². The Morgan fingerprint density at radius 1 is 1.03 bits per heavy atom. The van der Waals surface area contributed by atoms with Gasteiger partial charge in [-0.3, -0.25) is 4.79 Å². The van der Waals surface area contributed by atoms with E-state index in [1.807, 2.05) is 35.7 Å². The zero-order chi connectivity index (χ0) is 26.8. The van der Waals surface area contributed by atoms with E-state index in [9.17, 15) is 9.59 Å². The van der Waals surface area contributed by atoms with Crippen molar-refractivity contribution in [3.63, 3.8) is 0 Å². The zero-order valence-corrected chi connectivity index (χ0v) is 23.0. The van der Waals surface area contributed by atoms with Crippen molar-refractivity contribution in [1.29, 1.82) is 0 Å². The number of halogens is 2. The summed E-state index contributed by atoms with van der Waals surface area (Å²) in [7, 11) is 3.18. The SMILES string of the molecule is C=CCN(CC(=O)N(CCc1ccc(OC)c(OC)c1)Cc1cccs1)C(=O)Nc1ccc(Cl)c(Cl)c1. The zero-order valence-electron chi connectivity index (χ0n) is 20.7. The van der Waals surface area contributed by atoms with E-state index in [0.29, 0.717) is 46.7 Å². The molecule has 0 saturated carbocycles. The maximum atomic E-state index is 13.4. The lowest BCUT2D eigenvalue weighted by molar-refractivity contribution is -0.132. The third-order valence-corrected chi connectivity index (χ3v) is 7.13. The molecule has 10 heteroatoms. The van der Waals surface area contributed by atoms with Gasteiger partial charge >= 0.3 is 6.03 Å². The summed E-state index contributed by atoms with van der Waals surface area (Å²) in [6.45, 7) is 4.72. The summed E-state index contributed by atoms with van der Waals surface area (Å²) in [5.74, 6) is 1.10. The summed E-state index contributed by atoms with van der Waals surface area (Å²) in [5, 5.41) is 5.45. The minimum atomic E-state index is -0.442. The highest BCUT2D eigenvalue weighted by atomic mass is 35.5. The molecule has 3 amide bonds. The summed E-state index contributed by atoms with van der Waals surface area (Å²) >= 11 is 13.6. The van der Waals surface area contributed by atoms with Crippen LogP contribution >= 0.6 is 34.5 Å². The number of nitrogens with one attached hydrogen (secondary N) is 1. The fourth-order valence-corrected chi connectivity index (χ4v) is 4.62. The van der Waals surface area contributed by atoms with Gasteiger partial charge in [0.2, 0.25) is 5.91 Å². The van der Waals surface area contributed by atoms with Crippen LogP contribution in [0.15, 0.2) is 66.6 Å². The topological polar surface area (TPSA) is 71.1 Å². The maximum Gasteiger partial charge on any atom is 0.322 e. The quantitative estimate of drug-likeness (QED) is 0.261. The normalized spacial score (nSPS) is 10.5. The molecule has 37 heavy (non-hydrogen) atoms. The van der Waals surface area contributed by atoms with Gasteiger partial charge in [0, 0.05) is 23.7 Å². The Morgan fingerprint density at radius 3 is 2.46 bits per heavy atom. The lowest BCUT2D eigenvalue weighted by Crippen LogP contribution is -2.44. The van der Waals surface area contributed by atoms with Crippen LogP contribution in [0, 0.1) is 0 Å². The Bertz CT molecular complexity index is 1220. The molecule has 0 fully saturated rings. The summed E-state index contributed by atoms with van der Waals surface area (Å²) < 4.78 is 10.7. The fraction of sp³-hybridized carbons (Fsp3) is 0.259. The molecule has 0 unspecified atom stereocenters. The predicted molar refractivity (Wildman–Crippen MR) is 150 cm³/mol. The second kappa shape index (κ2) is 13.9. The second-order valence-corrected chi connectivity index (χ2v) is 9.91. The van der Waals surface area contributed by atoms with Gasteiger partial charge in [-0.1, -0.05) is 41.4 Å². The van der Waals surface area contributed by atoms with Crippen LogP contribution in [0.1, 0.15) is 10.4 Å². The summed E-state index contributed by atoms with van der Waals surface area (Å²) in [6, 6.07) is 14.0. The van der Waals surface area contributed by atoms with Gasteiger partial charge < -0.3 is 24.6 Å². The number of hydrogen-bond acceptors (Lipinski definition) is 5. The number of amides is 3. The first kappa shape index (κ1) is 28.4. The number of urea groups is 1. The van der Waals surface area contributed by atoms with Crippen LogP contribution in [0.4, 0.5) is 10.5 Å².